The van der Waals surface area contributed by atoms with Crippen LogP contribution in [0, 0.1) is 5.92 Å². The van der Waals surface area contributed by atoms with Gasteiger partial charge in [0.05, 0.1) is 12.0 Å². The van der Waals surface area contributed by atoms with Crippen molar-refractivity contribution in [3.8, 4) is 0 Å². The highest BCUT2D eigenvalue weighted by atomic mass is 16.4. The molecule has 2 aliphatic rings. The second kappa shape index (κ2) is 5.85. The fourth-order valence-electron chi connectivity index (χ4n) is 3.28. The first kappa shape index (κ1) is 14.1. The number of fused-ring (bicyclic) bond motifs is 1. The van der Waals surface area contributed by atoms with E-state index in [0.717, 1.165) is 6.42 Å². The summed E-state index contributed by atoms with van der Waals surface area (Å²) in [5.41, 5.74) is 2.46. The molecule has 3 rings (SSSR count). The molecular formula is C16H20N2O3. The molecule has 112 valence electrons. The number of nitrogens with one attached hydrogen (secondary N) is 2. The fraction of sp³-hybridized carbons (Fsp3) is 0.500. The van der Waals surface area contributed by atoms with Gasteiger partial charge in [-0.25, -0.2) is 0 Å². The summed E-state index contributed by atoms with van der Waals surface area (Å²) >= 11 is 0. The molecule has 1 fully saturated rings. The van der Waals surface area contributed by atoms with Gasteiger partial charge in [-0.05, 0) is 36.8 Å². The van der Waals surface area contributed by atoms with E-state index in [0.29, 0.717) is 25.8 Å². The van der Waals surface area contributed by atoms with Gasteiger partial charge in [-0.15, -0.1) is 0 Å². The number of amides is 1. The second-order valence-electron chi connectivity index (χ2n) is 5.96. The van der Waals surface area contributed by atoms with E-state index in [1.54, 1.807) is 0 Å². The van der Waals surface area contributed by atoms with Crippen LogP contribution in [0.2, 0.25) is 0 Å². The molecule has 3 N–H and O–H groups in total. The first-order valence-corrected chi connectivity index (χ1v) is 7.47. The van der Waals surface area contributed by atoms with Gasteiger partial charge < -0.3 is 15.7 Å². The highest BCUT2D eigenvalue weighted by Gasteiger charge is 2.32. The van der Waals surface area contributed by atoms with Gasteiger partial charge in [0.15, 0.2) is 0 Å². The lowest BCUT2D eigenvalue weighted by Gasteiger charge is -2.26. The summed E-state index contributed by atoms with van der Waals surface area (Å²) in [6.45, 7) is 0.705. The SMILES string of the molecule is O=C(O)C1CCC(NC(=O)C2Cc3ccccc3CN2)C1. The Bertz CT molecular complexity index is 558. The average Bonchev–Trinajstić information content (AvgIpc) is 2.95. The van der Waals surface area contributed by atoms with Crippen molar-refractivity contribution in [2.24, 2.45) is 5.92 Å². The molecule has 1 aliphatic heterocycles. The van der Waals surface area contributed by atoms with E-state index in [4.69, 9.17) is 5.11 Å². The lowest BCUT2D eigenvalue weighted by atomic mass is 9.95. The van der Waals surface area contributed by atoms with Crippen molar-refractivity contribution in [3.05, 3.63) is 35.4 Å². The molecule has 3 atom stereocenters. The quantitative estimate of drug-likeness (QED) is 0.777. The summed E-state index contributed by atoms with van der Waals surface area (Å²) in [5.74, 6) is -1.08. The summed E-state index contributed by atoms with van der Waals surface area (Å²) < 4.78 is 0. The third kappa shape index (κ3) is 3.08. The number of carboxylic acid groups (broad SMARTS) is 1. The minimum Gasteiger partial charge on any atom is -0.481 e. The highest BCUT2D eigenvalue weighted by molar-refractivity contribution is 5.83. The smallest absolute Gasteiger partial charge is 0.306 e. The van der Waals surface area contributed by atoms with Crippen LogP contribution in [0.3, 0.4) is 0 Å². The first-order valence-electron chi connectivity index (χ1n) is 7.47. The highest BCUT2D eigenvalue weighted by Crippen LogP contribution is 2.26. The van der Waals surface area contributed by atoms with Crippen LogP contribution in [0.1, 0.15) is 30.4 Å². The van der Waals surface area contributed by atoms with Crippen LogP contribution < -0.4 is 10.6 Å². The summed E-state index contributed by atoms with van der Waals surface area (Å²) in [6.07, 6.45) is 2.65. The number of hydrogen-bond donors (Lipinski definition) is 3. The molecule has 0 bridgehead atoms. The summed E-state index contributed by atoms with van der Waals surface area (Å²) in [6, 6.07) is 7.91. The number of hydrogen-bond acceptors (Lipinski definition) is 3. The normalized spacial score (nSPS) is 27.9. The van der Waals surface area contributed by atoms with Gasteiger partial charge in [-0.1, -0.05) is 24.3 Å². The Kier molecular flexibility index (Phi) is 3.92. The standard InChI is InChI=1S/C16H20N2O3/c19-15(18-13-6-5-11(7-13)16(20)21)14-8-10-3-1-2-4-12(10)9-17-14/h1-4,11,13-14,17H,5-9H2,(H,18,19)(H,20,21). The molecule has 5 nitrogen and oxygen atoms in total. The van der Waals surface area contributed by atoms with E-state index < -0.39 is 5.97 Å². The average molecular weight is 288 g/mol. The maximum Gasteiger partial charge on any atom is 0.306 e. The number of rotatable bonds is 3. The minimum atomic E-state index is -0.753. The number of carbonyl (C=O) groups is 2. The molecule has 0 saturated heterocycles. The van der Waals surface area contributed by atoms with E-state index in [-0.39, 0.29) is 23.9 Å². The Morgan fingerprint density at radius 3 is 2.67 bits per heavy atom. The molecule has 1 aromatic rings. The lowest BCUT2D eigenvalue weighted by Crippen LogP contribution is -2.50. The monoisotopic (exact) mass is 288 g/mol. The number of carbonyl (C=O) groups excluding carboxylic acids is 1. The van der Waals surface area contributed by atoms with Crippen molar-refractivity contribution in [3.63, 3.8) is 0 Å². The Balaban J connectivity index is 1.57. The van der Waals surface area contributed by atoms with Crippen LogP contribution in [-0.2, 0) is 22.6 Å². The molecule has 1 saturated carbocycles. The Morgan fingerprint density at radius 1 is 1.19 bits per heavy atom. The molecule has 1 aliphatic carbocycles. The fourth-order valence-corrected chi connectivity index (χ4v) is 3.28. The van der Waals surface area contributed by atoms with Gasteiger partial charge in [0.2, 0.25) is 5.91 Å². The molecule has 1 amide bonds. The minimum absolute atomic E-state index is 0.00225. The third-order valence-corrected chi connectivity index (χ3v) is 4.53. The number of aliphatic carboxylic acids is 1. The van der Waals surface area contributed by atoms with E-state index in [2.05, 4.69) is 22.8 Å². The van der Waals surface area contributed by atoms with Crippen LogP contribution in [0.4, 0.5) is 0 Å². The molecule has 21 heavy (non-hydrogen) atoms. The van der Waals surface area contributed by atoms with E-state index >= 15 is 0 Å². The van der Waals surface area contributed by atoms with Crippen molar-refractivity contribution in [1.82, 2.24) is 10.6 Å². The molecule has 0 radical (unpaired) electrons. The zero-order valence-electron chi connectivity index (χ0n) is 11.8. The predicted octanol–water partition coefficient (Wildman–Crippen LogP) is 1.07. The molecular weight excluding hydrogens is 268 g/mol. The zero-order chi connectivity index (χ0) is 14.8. The van der Waals surface area contributed by atoms with Crippen molar-refractivity contribution >= 4 is 11.9 Å². The van der Waals surface area contributed by atoms with Crippen molar-refractivity contribution < 1.29 is 14.7 Å². The Labute approximate surface area is 123 Å². The maximum atomic E-state index is 12.3. The van der Waals surface area contributed by atoms with Crippen molar-refractivity contribution in [1.29, 1.82) is 0 Å². The predicted molar refractivity (Wildman–Crippen MR) is 77.7 cm³/mol. The van der Waals surface area contributed by atoms with Crippen LogP contribution in [0.15, 0.2) is 24.3 Å². The van der Waals surface area contributed by atoms with E-state index in [9.17, 15) is 9.59 Å². The first-order chi connectivity index (χ1) is 10.1. The molecule has 0 aromatic heterocycles. The second-order valence-corrected chi connectivity index (χ2v) is 5.96. The van der Waals surface area contributed by atoms with Gasteiger partial charge >= 0.3 is 5.97 Å². The zero-order valence-corrected chi connectivity index (χ0v) is 11.8. The lowest BCUT2D eigenvalue weighted by molar-refractivity contribution is -0.141. The maximum absolute atomic E-state index is 12.3. The van der Waals surface area contributed by atoms with Gasteiger partial charge in [0.25, 0.3) is 0 Å². The summed E-state index contributed by atoms with van der Waals surface area (Å²) in [5, 5.41) is 15.3. The molecule has 3 unspecified atom stereocenters. The van der Waals surface area contributed by atoms with E-state index in [1.165, 1.54) is 11.1 Å². The number of carboxylic acids is 1. The largest absolute Gasteiger partial charge is 0.481 e. The van der Waals surface area contributed by atoms with E-state index in [1.807, 2.05) is 12.1 Å². The van der Waals surface area contributed by atoms with Gasteiger partial charge in [-0.3, -0.25) is 9.59 Å². The van der Waals surface area contributed by atoms with Gasteiger partial charge in [0, 0.05) is 12.6 Å². The van der Waals surface area contributed by atoms with Crippen LogP contribution in [0.25, 0.3) is 0 Å². The van der Waals surface area contributed by atoms with Gasteiger partial charge in [0.1, 0.15) is 0 Å². The van der Waals surface area contributed by atoms with Crippen molar-refractivity contribution in [2.75, 3.05) is 0 Å². The third-order valence-electron chi connectivity index (χ3n) is 4.53. The van der Waals surface area contributed by atoms with Gasteiger partial charge in [-0.2, -0.15) is 0 Å². The van der Waals surface area contributed by atoms with Crippen LogP contribution in [0.5, 0.6) is 0 Å². The summed E-state index contributed by atoms with van der Waals surface area (Å²) in [4.78, 5) is 23.3. The molecule has 5 heteroatoms. The summed E-state index contributed by atoms with van der Waals surface area (Å²) in [7, 11) is 0. The van der Waals surface area contributed by atoms with Crippen LogP contribution in [-0.4, -0.2) is 29.1 Å². The molecule has 1 aromatic carbocycles. The van der Waals surface area contributed by atoms with Crippen LogP contribution >= 0.6 is 0 Å². The topological polar surface area (TPSA) is 78.4 Å². The molecule has 0 spiro atoms. The Morgan fingerprint density at radius 2 is 1.95 bits per heavy atom. The van der Waals surface area contributed by atoms with Crippen molar-refractivity contribution in [2.45, 2.75) is 44.3 Å². The number of benzene rings is 1. The Hall–Kier alpha value is -1.88. The molecule has 1 heterocycles.